The average molecular weight is 293 g/mol. The fourth-order valence-electron chi connectivity index (χ4n) is 3.02. The van der Waals surface area contributed by atoms with Gasteiger partial charge in [-0.25, -0.2) is 0 Å². The summed E-state index contributed by atoms with van der Waals surface area (Å²) in [5.41, 5.74) is 7.64. The van der Waals surface area contributed by atoms with Crippen molar-refractivity contribution in [2.24, 2.45) is 0 Å². The Labute approximate surface area is 126 Å². The highest BCUT2D eigenvalue weighted by atomic mass is 16.2. The molecule has 1 fully saturated rings. The minimum atomic E-state index is -0.130. The lowest BCUT2D eigenvalue weighted by Gasteiger charge is -2.23. The summed E-state index contributed by atoms with van der Waals surface area (Å²) in [5, 5.41) is 7.24. The smallest absolute Gasteiger partial charge is 0.271 e. The minimum absolute atomic E-state index is 0.130. The summed E-state index contributed by atoms with van der Waals surface area (Å²) in [6.07, 6.45) is 5.21. The number of nitrogen functional groups attached to an aromatic ring is 1. The van der Waals surface area contributed by atoms with Gasteiger partial charge in [-0.3, -0.25) is 9.48 Å². The molecule has 1 aromatic rings. The van der Waals surface area contributed by atoms with Crippen LogP contribution in [0.15, 0.2) is 0 Å². The predicted octanol–water partition coefficient (Wildman–Crippen LogP) is 1.40. The first kappa shape index (κ1) is 15.8. The first-order chi connectivity index (χ1) is 10.0. The second-order valence-electron chi connectivity index (χ2n) is 5.84. The van der Waals surface area contributed by atoms with Gasteiger partial charge in [0.05, 0.1) is 11.4 Å². The van der Waals surface area contributed by atoms with Gasteiger partial charge >= 0.3 is 0 Å². The molecule has 21 heavy (non-hydrogen) atoms. The third kappa shape index (κ3) is 3.56. The van der Waals surface area contributed by atoms with Crippen LogP contribution in [0.25, 0.3) is 0 Å². The Morgan fingerprint density at radius 3 is 2.76 bits per heavy atom. The number of carbonyl (C=O) groups excluding carboxylic acids is 1. The van der Waals surface area contributed by atoms with Crippen LogP contribution in [-0.2, 0) is 6.54 Å². The maximum Gasteiger partial charge on any atom is 0.271 e. The monoisotopic (exact) mass is 293 g/mol. The Bertz CT molecular complexity index is 490. The largest absolute Gasteiger partial charge is 0.395 e. The molecule has 6 heteroatoms. The molecule has 1 aliphatic carbocycles. The van der Waals surface area contributed by atoms with E-state index in [4.69, 9.17) is 5.73 Å². The number of hydrogen-bond donors (Lipinski definition) is 2. The van der Waals surface area contributed by atoms with E-state index in [1.807, 2.05) is 13.8 Å². The van der Waals surface area contributed by atoms with E-state index in [2.05, 4.69) is 22.4 Å². The summed E-state index contributed by atoms with van der Waals surface area (Å²) in [5.74, 6) is -0.130. The van der Waals surface area contributed by atoms with Crippen molar-refractivity contribution in [1.29, 1.82) is 0 Å². The van der Waals surface area contributed by atoms with Gasteiger partial charge in [-0.2, -0.15) is 5.10 Å². The maximum absolute atomic E-state index is 12.3. The van der Waals surface area contributed by atoms with Crippen molar-refractivity contribution < 1.29 is 4.79 Å². The number of aromatic nitrogens is 2. The lowest BCUT2D eigenvalue weighted by Crippen LogP contribution is -2.38. The van der Waals surface area contributed by atoms with Crippen molar-refractivity contribution in [3.63, 3.8) is 0 Å². The predicted molar refractivity (Wildman–Crippen MR) is 84.3 cm³/mol. The van der Waals surface area contributed by atoms with Gasteiger partial charge in [0.15, 0.2) is 0 Å². The van der Waals surface area contributed by atoms with Crippen molar-refractivity contribution in [3.05, 3.63) is 11.4 Å². The summed E-state index contributed by atoms with van der Waals surface area (Å²) in [4.78, 5) is 14.6. The van der Waals surface area contributed by atoms with Crippen LogP contribution in [0.2, 0.25) is 0 Å². The first-order valence-corrected chi connectivity index (χ1v) is 7.86. The summed E-state index contributed by atoms with van der Waals surface area (Å²) < 4.78 is 1.67. The molecule has 0 radical (unpaired) electrons. The number of carbonyl (C=O) groups is 1. The number of hydrogen-bond acceptors (Lipinski definition) is 4. The topological polar surface area (TPSA) is 76.2 Å². The lowest BCUT2D eigenvalue weighted by atomic mass is 10.2. The van der Waals surface area contributed by atoms with E-state index in [0.717, 1.165) is 6.54 Å². The van der Waals surface area contributed by atoms with Crippen molar-refractivity contribution in [1.82, 2.24) is 20.0 Å². The summed E-state index contributed by atoms with van der Waals surface area (Å²) in [7, 11) is 2.14. The molecule has 1 aromatic heterocycles. The quantitative estimate of drug-likeness (QED) is 0.831. The number of anilines is 1. The zero-order valence-corrected chi connectivity index (χ0v) is 13.4. The van der Waals surface area contributed by atoms with Gasteiger partial charge in [0, 0.05) is 25.7 Å². The van der Waals surface area contributed by atoms with E-state index in [1.54, 1.807) is 4.68 Å². The summed E-state index contributed by atoms with van der Waals surface area (Å²) in [6.45, 7) is 5.93. The molecule has 0 bridgehead atoms. The van der Waals surface area contributed by atoms with Gasteiger partial charge in [-0.05, 0) is 33.7 Å². The van der Waals surface area contributed by atoms with Crippen molar-refractivity contribution in [2.75, 3.05) is 25.9 Å². The first-order valence-electron chi connectivity index (χ1n) is 7.86. The second-order valence-corrected chi connectivity index (χ2v) is 5.84. The Balaban J connectivity index is 1.87. The van der Waals surface area contributed by atoms with Gasteiger partial charge in [-0.15, -0.1) is 0 Å². The summed E-state index contributed by atoms with van der Waals surface area (Å²) in [6, 6.07) is 0.676. The maximum atomic E-state index is 12.3. The number of rotatable bonds is 6. The SMILES string of the molecule is CCn1nc(C)c(N)c1C(=O)NCCN(C)C1CCCC1. The molecule has 6 nitrogen and oxygen atoms in total. The van der Waals surface area contributed by atoms with Crippen molar-refractivity contribution in [3.8, 4) is 0 Å². The van der Waals surface area contributed by atoms with Crippen LogP contribution in [0.3, 0.4) is 0 Å². The minimum Gasteiger partial charge on any atom is -0.395 e. The van der Waals surface area contributed by atoms with Crippen LogP contribution in [-0.4, -0.2) is 46.8 Å². The van der Waals surface area contributed by atoms with Crippen molar-refractivity contribution in [2.45, 2.75) is 52.1 Å². The van der Waals surface area contributed by atoms with Crippen LogP contribution in [0.5, 0.6) is 0 Å². The van der Waals surface area contributed by atoms with Crippen LogP contribution in [0, 0.1) is 6.92 Å². The number of amides is 1. The van der Waals surface area contributed by atoms with Gasteiger partial charge in [0.1, 0.15) is 5.69 Å². The van der Waals surface area contributed by atoms with E-state index < -0.39 is 0 Å². The van der Waals surface area contributed by atoms with E-state index in [0.29, 0.717) is 36.2 Å². The molecular weight excluding hydrogens is 266 g/mol. The second kappa shape index (κ2) is 6.93. The molecular formula is C15H27N5O. The van der Waals surface area contributed by atoms with Gasteiger partial charge in [0.25, 0.3) is 5.91 Å². The van der Waals surface area contributed by atoms with Gasteiger partial charge in [0.2, 0.25) is 0 Å². The normalized spacial score (nSPS) is 15.8. The number of aryl methyl sites for hydroxylation is 2. The number of nitrogens with zero attached hydrogens (tertiary/aromatic N) is 3. The lowest BCUT2D eigenvalue weighted by molar-refractivity contribution is 0.0937. The van der Waals surface area contributed by atoms with Gasteiger partial charge < -0.3 is 16.0 Å². The Hall–Kier alpha value is -1.56. The van der Waals surface area contributed by atoms with E-state index >= 15 is 0 Å². The number of nitrogens with one attached hydrogen (secondary N) is 1. The van der Waals surface area contributed by atoms with Gasteiger partial charge in [-0.1, -0.05) is 12.8 Å². The highest BCUT2D eigenvalue weighted by Gasteiger charge is 2.21. The van der Waals surface area contributed by atoms with E-state index in [1.165, 1.54) is 25.7 Å². The molecule has 0 spiro atoms. The molecule has 3 N–H and O–H groups in total. The van der Waals surface area contributed by atoms with E-state index in [-0.39, 0.29) is 5.91 Å². The molecule has 0 unspecified atom stereocenters. The fraction of sp³-hybridized carbons (Fsp3) is 0.733. The van der Waals surface area contributed by atoms with Crippen LogP contribution < -0.4 is 11.1 Å². The molecule has 2 rings (SSSR count). The van der Waals surface area contributed by atoms with E-state index in [9.17, 15) is 4.79 Å². The molecule has 0 saturated heterocycles. The Kier molecular flexibility index (Phi) is 5.22. The average Bonchev–Trinajstić information content (AvgIpc) is 3.08. The van der Waals surface area contributed by atoms with Crippen molar-refractivity contribution >= 4 is 11.6 Å². The molecule has 1 amide bonds. The number of nitrogens with two attached hydrogens (primary N) is 1. The third-order valence-electron chi connectivity index (χ3n) is 4.39. The Morgan fingerprint density at radius 2 is 2.14 bits per heavy atom. The zero-order chi connectivity index (χ0) is 15.4. The summed E-state index contributed by atoms with van der Waals surface area (Å²) >= 11 is 0. The standard InChI is InChI=1S/C15H27N5O/c1-4-20-14(13(16)11(2)18-20)15(21)17-9-10-19(3)12-7-5-6-8-12/h12H,4-10,16H2,1-3H3,(H,17,21). The molecule has 118 valence electrons. The van der Waals surface area contributed by atoms with Crippen LogP contribution >= 0.6 is 0 Å². The molecule has 1 heterocycles. The fourth-order valence-corrected chi connectivity index (χ4v) is 3.02. The highest BCUT2D eigenvalue weighted by Crippen LogP contribution is 2.22. The highest BCUT2D eigenvalue weighted by molar-refractivity contribution is 5.97. The molecule has 0 aromatic carbocycles. The van der Waals surface area contributed by atoms with Crippen LogP contribution in [0.1, 0.15) is 48.8 Å². The molecule has 0 aliphatic heterocycles. The zero-order valence-electron chi connectivity index (χ0n) is 13.4. The number of likely N-dealkylation sites (N-methyl/N-ethyl adjacent to an activating group) is 1. The molecule has 1 saturated carbocycles. The molecule has 1 aliphatic rings. The Morgan fingerprint density at radius 1 is 1.48 bits per heavy atom. The molecule has 0 atom stereocenters. The third-order valence-corrected chi connectivity index (χ3v) is 4.39. The van der Waals surface area contributed by atoms with Crippen LogP contribution in [0.4, 0.5) is 5.69 Å².